The van der Waals surface area contributed by atoms with Gasteiger partial charge < -0.3 is 9.72 Å². The zero-order valence-electron chi connectivity index (χ0n) is 12.5. The maximum atomic E-state index is 5.56. The fourth-order valence-corrected chi connectivity index (χ4v) is 2.24. The van der Waals surface area contributed by atoms with E-state index in [0.717, 1.165) is 12.4 Å². The van der Waals surface area contributed by atoms with Gasteiger partial charge in [0.2, 0.25) is 0 Å². The SMILES string of the molecule is CCCCCCCCCCCCOCc1ncc[nH]1. The summed E-state index contributed by atoms with van der Waals surface area (Å²) in [5, 5.41) is 0. The molecule has 0 atom stereocenters. The number of imidazole rings is 1. The van der Waals surface area contributed by atoms with E-state index in [4.69, 9.17) is 4.74 Å². The molecule has 1 heterocycles. The summed E-state index contributed by atoms with van der Waals surface area (Å²) in [7, 11) is 0. The highest BCUT2D eigenvalue weighted by Gasteiger charge is 1.95. The fraction of sp³-hybridized carbons (Fsp3) is 0.812. The van der Waals surface area contributed by atoms with E-state index in [1.165, 1.54) is 64.2 Å². The number of hydrogen-bond donors (Lipinski definition) is 1. The summed E-state index contributed by atoms with van der Waals surface area (Å²) in [5.74, 6) is 0.923. The molecule has 1 aromatic rings. The number of aromatic nitrogens is 2. The van der Waals surface area contributed by atoms with Crippen molar-refractivity contribution >= 4 is 0 Å². The van der Waals surface area contributed by atoms with Crippen molar-refractivity contribution in [2.75, 3.05) is 6.61 Å². The van der Waals surface area contributed by atoms with E-state index in [9.17, 15) is 0 Å². The van der Waals surface area contributed by atoms with E-state index in [-0.39, 0.29) is 0 Å². The van der Waals surface area contributed by atoms with Gasteiger partial charge in [-0.15, -0.1) is 0 Å². The second kappa shape index (κ2) is 12.2. The van der Waals surface area contributed by atoms with Gasteiger partial charge in [0.1, 0.15) is 12.4 Å². The molecule has 0 aliphatic carbocycles. The Morgan fingerprint density at radius 3 is 2.16 bits per heavy atom. The molecule has 3 nitrogen and oxygen atoms in total. The lowest BCUT2D eigenvalue weighted by atomic mass is 10.1. The predicted molar refractivity (Wildman–Crippen MR) is 80.1 cm³/mol. The summed E-state index contributed by atoms with van der Waals surface area (Å²) in [6.45, 7) is 3.75. The third-order valence-corrected chi connectivity index (χ3v) is 3.44. The minimum Gasteiger partial charge on any atom is -0.374 e. The van der Waals surface area contributed by atoms with Crippen LogP contribution >= 0.6 is 0 Å². The molecule has 0 aliphatic rings. The predicted octanol–water partition coefficient (Wildman–Crippen LogP) is 4.85. The van der Waals surface area contributed by atoms with Crippen LogP contribution in [0.4, 0.5) is 0 Å². The van der Waals surface area contributed by atoms with E-state index in [1.54, 1.807) is 6.20 Å². The van der Waals surface area contributed by atoms with Gasteiger partial charge in [0, 0.05) is 19.0 Å². The molecule has 19 heavy (non-hydrogen) atoms. The number of unbranched alkanes of at least 4 members (excludes halogenated alkanes) is 9. The van der Waals surface area contributed by atoms with Crippen LogP contribution in [0.1, 0.15) is 77.0 Å². The van der Waals surface area contributed by atoms with Crippen LogP contribution in [0.3, 0.4) is 0 Å². The molecule has 1 N–H and O–H groups in total. The number of nitrogens with one attached hydrogen (secondary N) is 1. The van der Waals surface area contributed by atoms with Gasteiger partial charge in [-0.1, -0.05) is 64.7 Å². The standard InChI is InChI=1S/C16H30N2O/c1-2-3-4-5-6-7-8-9-10-11-14-19-15-16-17-12-13-18-16/h12-13H,2-11,14-15H2,1H3,(H,17,18). The smallest absolute Gasteiger partial charge is 0.132 e. The van der Waals surface area contributed by atoms with Gasteiger partial charge >= 0.3 is 0 Å². The Morgan fingerprint density at radius 2 is 1.58 bits per heavy atom. The monoisotopic (exact) mass is 266 g/mol. The van der Waals surface area contributed by atoms with Gasteiger partial charge in [0.05, 0.1) is 0 Å². The third kappa shape index (κ3) is 9.71. The largest absolute Gasteiger partial charge is 0.374 e. The summed E-state index contributed by atoms with van der Waals surface area (Å²) in [6, 6.07) is 0. The molecule has 0 unspecified atom stereocenters. The van der Waals surface area contributed by atoms with Gasteiger partial charge in [-0.25, -0.2) is 4.98 Å². The zero-order valence-corrected chi connectivity index (χ0v) is 12.5. The van der Waals surface area contributed by atoms with Crippen molar-refractivity contribution in [3.05, 3.63) is 18.2 Å². The van der Waals surface area contributed by atoms with Crippen molar-refractivity contribution in [2.45, 2.75) is 77.7 Å². The highest BCUT2D eigenvalue weighted by atomic mass is 16.5. The maximum absolute atomic E-state index is 5.56. The molecule has 3 heteroatoms. The van der Waals surface area contributed by atoms with Crippen molar-refractivity contribution in [3.8, 4) is 0 Å². The minimum atomic E-state index is 0.616. The van der Waals surface area contributed by atoms with Crippen LogP contribution in [0.25, 0.3) is 0 Å². The second-order valence-corrected chi connectivity index (χ2v) is 5.27. The lowest BCUT2D eigenvalue weighted by Crippen LogP contribution is -1.97. The number of nitrogens with zero attached hydrogens (tertiary/aromatic N) is 1. The lowest BCUT2D eigenvalue weighted by molar-refractivity contribution is 0.112. The summed E-state index contributed by atoms with van der Waals surface area (Å²) < 4.78 is 5.56. The van der Waals surface area contributed by atoms with E-state index in [1.807, 2.05) is 6.20 Å². The number of aromatic amines is 1. The molecule has 0 aliphatic heterocycles. The van der Waals surface area contributed by atoms with Gasteiger partial charge in [-0.05, 0) is 6.42 Å². The summed E-state index contributed by atoms with van der Waals surface area (Å²) in [6.07, 6.45) is 17.3. The molecule has 0 fully saturated rings. The zero-order chi connectivity index (χ0) is 13.6. The molecule has 0 saturated heterocycles. The van der Waals surface area contributed by atoms with Crippen LogP contribution in [0.5, 0.6) is 0 Å². The Balaban J connectivity index is 1.72. The van der Waals surface area contributed by atoms with Gasteiger partial charge in [0.25, 0.3) is 0 Å². The Labute approximate surface area is 118 Å². The van der Waals surface area contributed by atoms with Crippen LogP contribution in [0.2, 0.25) is 0 Å². The van der Waals surface area contributed by atoms with E-state index < -0.39 is 0 Å². The Hall–Kier alpha value is -0.830. The quantitative estimate of drug-likeness (QED) is 0.518. The average molecular weight is 266 g/mol. The number of ether oxygens (including phenoxy) is 1. The van der Waals surface area contributed by atoms with Crippen molar-refractivity contribution in [1.82, 2.24) is 9.97 Å². The Kier molecular flexibility index (Phi) is 10.4. The van der Waals surface area contributed by atoms with Crippen molar-refractivity contribution in [3.63, 3.8) is 0 Å². The highest BCUT2D eigenvalue weighted by Crippen LogP contribution is 2.10. The Morgan fingerprint density at radius 1 is 0.947 bits per heavy atom. The molecule has 0 radical (unpaired) electrons. The third-order valence-electron chi connectivity index (χ3n) is 3.44. The number of rotatable bonds is 13. The van der Waals surface area contributed by atoms with Crippen molar-refractivity contribution in [2.24, 2.45) is 0 Å². The molecule has 110 valence electrons. The van der Waals surface area contributed by atoms with E-state index in [2.05, 4.69) is 16.9 Å². The number of hydrogen-bond acceptors (Lipinski definition) is 2. The van der Waals surface area contributed by atoms with Crippen molar-refractivity contribution in [1.29, 1.82) is 0 Å². The summed E-state index contributed by atoms with van der Waals surface area (Å²) >= 11 is 0. The minimum absolute atomic E-state index is 0.616. The second-order valence-electron chi connectivity index (χ2n) is 5.27. The van der Waals surface area contributed by atoms with E-state index >= 15 is 0 Å². The summed E-state index contributed by atoms with van der Waals surface area (Å²) in [5.41, 5.74) is 0. The number of H-pyrrole nitrogens is 1. The van der Waals surface area contributed by atoms with Crippen LogP contribution in [0.15, 0.2) is 12.4 Å². The first-order chi connectivity index (χ1) is 9.43. The summed E-state index contributed by atoms with van der Waals surface area (Å²) in [4.78, 5) is 7.17. The van der Waals surface area contributed by atoms with Gasteiger partial charge in [-0.3, -0.25) is 0 Å². The molecule has 0 amide bonds. The first-order valence-electron chi connectivity index (χ1n) is 7.99. The van der Waals surface area contributed by atoms with Crippen LogP contribution in [-0.4, -0.2) is 16.6 Å². The topological polar surface area (TPSA) is 37.9 Å². The molecular formula is C16H30N2O. The molecular weight excluding hydrogens is 236 g/mol. The normalized spacial score (nSPS) is 11.0. The van der Waals surface area contributed by atoms with Crippen LogP contribution in [-0.2, 0) is 11.3 Å². The Bertz CT molecular complexity index is 272. The first kappa shape index (κ1) is 16.2. The van der Waals surface area contributed by atoms with E-state index in [0.29, 0.717) is 6.61 Å². The highest BCUT2D eigenvalue weighted by molar-refractivity contribution is 4.83. The van der Waals surface area contributed by atoms with Gasteiger partial charge in [0.15, 0.2) is 0 Å². The van der Waals surface area contributed by atoms with Gasteiger partial charge in [-0.2, -0.15) is 0 Å². The van der Waals surface area contributed by atoms with Crippen molar-refractivity contribution < 1.29 is 4.74 Å². The van der Waals surface area contributed by atoms with Crippen LogP contribution < -0.4 is 0 Å². The molecule has 0 spiro atoms. The molecule has 0 bridgehead atoms. The molecule has 1 aromatic heterocycles. The molecule has 0 aromatic carbocycles. The molecule has 1 rings (SSSR count). The average Bonchev–Trinajstić information content (AvgIpc) is 2.93. The van der Waals surface area contributed by atoms with Crippen LogP contribution in [0, 0.1) is 0 Å². The molecule has 0 saturated carbocycles. The lowest BCUT2D eigenvalue weighted by Gasteiger charge is -2.03. The fourth-order valence-electron chi connectivity index (χ4n) is 2.24. The first-order valence-corrected chi connectivity index (χ1v) is 7.99. The maximum Gasteiger partial charge on any atom is 0.132 e.